The first-order valence-corrected chi connectivity index (χ1v) is 5.27. The minimum atomic E-state index is 0.840. The Morgan fingerprint density at radius 1 is 1.46 bits per heavy atom. The smallest absolute Gasteiger partial charge is 0.159 e. The van der Waals surface area contributed by atoms with E-state index in [1.807, 2.05) is 13.0 Å². The number of benzene rings is 1. The van der Waals surface area contributed by atoms with Gasteiger partial charge in [-0.15, -0.1) is 11.3 Å². The number of hydrogen-bond acceptors (Lipinski definition) is 2. The van der Waals surface area contributed by atoms with E-state index >= 15 is 0 Å². The predicted molar refractivity (Wildman–Crippen MR) is 61.7 cm³/mol. The number of nitrogens with one attached hydrogen (secondary N) is 1. The number of aromatic nitrogens is 1. The maximum absolute atomic E-state index is 5.07. The van der Waals surface area contributed by atoms with Crippen LogP contribution in [0, 0.1) is 3.95 Å². The molecule has 0 aliphatic heterocycles. The maximum atomic E-state index is 5.07. The van der Waals surface area contributed by atoms with E-state index in [-0.39, 0.29) is 0 Å². The Morgan fingerprint density at radius 3 is 3.08 bits per heavy atom. The van der Waals surface area contributed by atoms with Crippen LogP contribution in [0.1, 0.15) is 12.5 Å². The van der Waals surface area contributed by atoms with Crippen molar-refractivity contribution in [1.82, 2.24) is 4.98 Å². The Bertz CT molecular complexity index is 505. The topological polar surface area (TPSA) is 15.8 Å². The van der Waals surface area contributed by atoms with Gasteiger partial charge in [-0.25, -0.2) is 0 Å². The second-order valence-corrected chi connectivity index (χ2v) is 4.49. The number of thiazole rings is 1. The molecule has 2 aromatic rings. The molecule has 0 aliphatic carbocycles. The molecule has 1 aromatic heterocycles. The molecule has 0 unspecified atom stereocenters. The molecule has 1 N–H and O–H groups in total. The first kappa shape index (κ1) is 8.66. The lowest BCUT2D eigenvalue weighted by Crippen LogP contribution is -1.70. The molecular weight excluding hydrogens is 198 g/mol. The molecular formula is C10H9NS2. The van der Waals surface area contributed by atoms with Crippen molar-refractivity contribution in [2.75, 3.05) is 0 Å². The molecule has 0 fully saturated rings. The summed E-state index contributed by atoms with van der Waals surface area (Å²) >= 11 is 6.68. The van der Waals surface area contributed by atoms with E-state index in [0.29, 0.717) is 0 Å². The van der Waals surface area contributed by atoms with Crippen LogP contribution < -0.4 is 0 Å². The van der Waals surface area contributed by atoms with E-state index in [4.69, 9.17) is 12.2 Å². The maximum Gasteiger partial charge on any atom is 0.159 e. The Labute approximate surface area is 85.7 Å². The van der Waals surface area contributed by atoms with Gasteiger partial charge in [-0.1, -0.05) is 18.2 Å². The first-order chi connectivity index (χ1) is 6.29. The molecule has 0 aliphatic rings. The van der Waals surface area contributed by atoms with Gasteiger partial charge in [-0.3, -0.25) is 0 Å². The highest BCUT2D eigenvalue weighted by Crippen LogP contribution is 2.21. The molecule has 1 heterocycles. The van der Waals surface area contributed by atoms with Gasteiger partial charge in [-0.05, 0) is 36.8 Å². The predicted octanol–water partition coefficient (Wildman–Crippen LogP) is 3.99. The minimum Gasteiger partial charge on any atom is -0.337 e. The van der Waals surface area contributed by atoms with Crippen molar-refractivity contribution < 1.29 is 0 Å². The number of hydrogen-bond donors (Lipinski definition) is 1. The molecule has 13 heavy (non-hydrogen) atoms. The van der Waals surface area contributed by atoms with Crippen molar-refractivity contribution in [1.29, 1.82) is 0 Å². The Kier molecular flexibility index (Phi) is 2.29. The van der Waals surface area contributed by atoms with Crippen molar-refractivity contribution in [3.8, 4) is 0 Å². The highest BCUT2D eigenvalue weighted by atomic mass is 32.1. The summed E-state index contributed by atoms with van der Waals surface area (Å²) in [7, 11) is 0. The van der Waals surface area contributed by atoms with Crippen LogP contribution >= 0.6 is 23.6 Å². The number of rotatable bonds is 1. The van der Waals surface area contributed by atoms with E-state index in [2.05, 4.69) is 29.3 Å². The summed E-state index contributed by atoms with van der Waals surface area (Å²) in [5, 5.41) is 0. The third-order valence-corrected chi connectivity index (χ3v) is 3.00. The standard InChI is InChI=1S/C10H9NS2/c1-2-3-7-4-5-8-9(6-7)13-10(12)11-8/h2-6H,1H3,(H,11,12)/b3-2-. The highest BCUT2D eigenvalue weighted by Gasteiger charge is 1.96. The number of H-pyrrole nitrogens is 1. The van der Waals surface area contributed by atoms with Crippen LogP contribution in [0.3, 0.4) is 0 Å². The fourth-order valence-corrected chi connectivity index (χ4v) is 2.42. The molecule has 0 saturated heterocycles. The van der Waals surface area contributed by atoms with Crippen LogP contribution in [0.5, 0.6) is 0 Å². The third kappa shape index (κ3) is 1.71. The van der Waals surface area contributed by atoms with Crippen LogP contribution in [0.25, 0.3) is 16.3 Å². The fraction of sp³-hybridized carbons (Fsp3) is 0.100. The summed E-state index contributed by atoms with van der Waals surface area (Å²) in [4.78, 5) is 3.14. The Hall–Kier alpha value is -0.930. The third-order valence-electron chi connectivity index (χ3n) is 1.80. The van der Waals surface area contributed by atoms with Gasteiger partial charge in [0.05, 0.1) is 10.2 Å². The monoisotopic (exact) mass is 207 g/mol. The van der Waals surface area contributed by atoms with Gasteiger partial charge in [0.15, 0.2) is 3.95 Å². The summed E-state index contributed by atoms with van der Waals surface area (Å²) in [5.74, 6) is 0. The average Bonchev–Trinajstić information content (AvgIpc) is 2.44. The van der Waals surface area contributed by atoms with Crippen molar-refractivity contribution in [2.45, 2.75) is 6.92 Å². The molecule has 1 aromatic carbocycles. The lowest BCUT2D eigenvalue weighted by molar-refractivity contribution is 1.47. The normalized spacial score (nSPS) is 11.5. The molecule has 2 rings (SSSR count). The Morgan fingerprint density at radius 2 is 2.31 bits per heavy atom. The molecule has 0 atom stereocenters. The summed E-state index contributed by atoms with van der Waals surface area (Å²) in [5.41, 5.74) is 2.35. The lowest BCUT2D eigenvalue weighted by Gasteiger charge is -1.91. The SMILES string of the molecule is C/C=C\c1ccc2[nH]c(=S)sc2c1. The summed E-state index contributed by atoms with van der Waals surface area (Å²) in [6.07, 6.45) is 4.12. The van der Waals surface area contributed by atoms with E-state index in [0.717, 1.165) is 9.47 Å². The lowest BCUT2D eigenvalue weighted by atomic mass is 10.2. The molecule has 0 bridgehead atoms. The van der Waals surface area contributed by atoms with E-state index in [1.54, 1.807) is 11.3 Å². The first-order valence-electron chi connectivity index (χ1n) is 4.05. The summed E-state index contributed by atoms with van der Waals surface area (Å²) in [6, 6.07) is 6.30. The van der Waals surface area contributed by atoms with Gasteiger partial charge < -0.3 is 4.98 Å². The molecule has 0 saturated carbocycles. The molecule has 1 nitrogen and oxygen atoms in total. The van der Waals surface area contributed by atoms with Gasteiger partial charge in [0.25, 0.3) is 0 Å². The number of aromatic amines is 1. The Balaban J connectivity index is 2.67. The fourth-order valence-electron chi connectivity index (χ4n) is 1.26. The average molecular weight is 207 g/mol. The van der Waals surface area contributed by atoms with Gasteiger partial charge in [0, 0.05) is 0 Å². The quantitative estimate of drug-likeness (QED) is 0.699. The van der Waals surface area contributed by atoms with Crippen LogP contribution in [0.2, 0.25) is 0 Å². The van der Waals surface area contributed by atoms with Gasteiger partial charge in [0.2, 0.25) is 0 Å². The van der Waals surface area contributed by atoms with Crippen molar-refractivity contribution in [2.24, 2.45) is 0 Å². The van der Waals surface area contributed by atoms with E-state index in [1.165, 1.54) is 10.3 Å². The van der Waals surface area contributed by atoms with Crippen LogP contribution in [-0.4, -0.2) is 4.98 Å². The molecule has 0 radical (unpaired) electrons. The van der Waals surface area contributed by atoms with Crippen molar-refractivity contribution in [3.05, 3.63) is 33.8 Å². The zero-order valence-corrected chi connectivity index (χ0v) is 8.84. The van der Waals surface area contributed by atoms with E-state index in [9.17, 15) is 0 Å². The van der Waals surface area contributed by atoms with E-state index < -0.39 is 0 Å². The van der Waals surface area contributed by atoms with Crippen molar-refractivity contribution >= 4 is 39.8 Å². The molecule has 0 spiro atoms. The second-order valence-electron chi connectivity index (χ2n) is 2.77. The number of allylic oxidation sites excluding steroid dienone is 1. The van der Waals surface area contributed by atoms with Crippen LogP contribution in [0.4, 0.5) is 0 Å². The van der Waals surface area contributed by atoms with Crippen LogP contribution in [-0.2, 0) is 0 Å². The van der Waals surface area contributed by atoms with Gasteiger partial charge in [0.1, 0.15) is 0 Å². The zero-order valence-electron chi connectivity index (χ0n) is 7.20. The van der Waals surface area contributed by atoms with Gasteiger partial charge in [-0.2, -0.15) is 0 Å². The second kappa shape index (κ2) is 3.44. The minimum absolute atomic E-state index is 0.840. The number of fused-ring (bicyclic) bond motifs is 1. The van der Waals surface area contributed by atoms with Crippen molar-refractivity contribution in [3.63, 3.8) is 0 Å². The molecule has 66 valence electrons. The highest BCUT2D eigenvalue weighted by molar-refractivity contribution is 7.73. The zero-order chi connectivity index (χ0) is 9.26. The van der Waals surface area contributed by atoms with Gasteiger partial charge >= 0.3 is 0 Å². The largest absolute Gasteiger partial charge is 0.337 e. The summed E-state index contributed by atoms with van der Waals surface area (Å²) < 4.78 is 2.06. The summed E-state index contributed by atoms with van der Waals surface area (Å²) in [6.45, 7) is 2.02. The molecule has 0 amide bonds. The van der Waals surface area contributed by atoms with Crippen LogP contribution in [0.15, 0.2) is 24.3 Å². The molecule has 3 heteroatoms.